The fourth-order valence-electron chi connectivity index (χ4n) is 1.10. The lowest BCUT2D eigenvalue weighted by Gasteiger charge is -2.09. The van der Waals surface area contributed by atoms with Crippen molar-refractivity contribution < 1.29 is 26.7 Å². The van der Waals surface area contributed by atoms with Crippen LogP contribution >= 0.6 is 0 Å². The summed E-state index contributed by atoms with van der Waals surface area (Å²) >= 11 is 0. The Bertz CT molecular complexity index is 336. The van der Waals surface area contributed by atoms with E-state index in [1.54, 1.807) is 0 Å². The summed E-state index contributed by atoms with van der Waals surface area (Å²) in [6.07, 6.45) is -5.17. The van der Waals surface area contributed by atoms with Gasteiger partial charge in [0.25, 0.3) is 0 Å². The average molecular weight is 255 g/mol. The largest absolute Gasteiger partial charge is 0.435 e. The number of nitrogens with one attached hydrogen (secondary N) is 1. The van der Waals surface area contributed by atoms with E-state index in [2.05, 4.69) is 10.1 Å². The third kappa shape index (κ3) is 5.94. The first-order valence-corrected chi connectivity index (χ1v) is 4.72. The van der Waals surface area contributed by atoms with Gasteiger partial charge in [-0.1, -0.05) is 0 Å². The van der Waals surface area contributed by atoms with Gasteiger partial charge in [-0.15, -0.1) is 0 Å². The predicted octanol–water partition coefficient (Wildman–Crippen LogP) is 3.65. The van der Waals surface area contributed by atoms with Crippen LogP contribution in [0, 0.1) is 0 Å². The van der Waals surface area contributed by atoms with Gasteiger partial charge < -0.3 is 10.1 Å². The van der Waals surface area contributed by atoms with E-state index < -0.39 is 19.2 Å². The third-order valence-electron chi connectivity index (χ3n) is 1.82. The van der Waals surface area contributed by atoms with Crippen LogP contribution in [-0.2, 0) is 0 Å². The molecule has 0 fully saturated rings. The lowest BCUT2D eigenvalue weighted by molar-refractivity contribution is -0.131. The summed E-state index contributed by atoms with van der Waals surface area (Å²) in [5.41, 5.74) is 0.413. The first kappa shape index (κ1) is 13.5. The number of benzene rings is 1. The van der Waals surface area contributed by atoms with Crippen LogP contribution in [0.3, 0.4) is 0 Å². The molecule has 0 heterocycles. The van der Waals surface area contributed by atoms with E-state index in [4.69, 9.17) is 0 Å². The molecular formula is C10H10F5NO. The molecule has 96 valence electrons. The first-order chi connectivity index (χ1) is 7.87. The lowest BCUT2D eigenvalue weighted by atomic mass is 10.3. The van der Waals surface area contributed by atoms with E-state index >= 15 is 0 Å². The smallest absolute Gasteiger partial charge is 0.390 e. The number of ether oxygens (including phenoxy) is 1. The monoisotopic (exact) mass is 255 g/mol. The van der Waals surface area contributed by atoms with Gasteiger partial charge in [0, 0.05) is 12.2 Å². The predicted molar refractivity (Wildman–Crippen MR) is 52.2 cm³/mol. The molecule has 0 bridgehead atoms. The zero-order chi connectivity index (χ0) is 12.9. The minimum Gasteiger partial charge on any atom is -0.435 e. The van der Waals surface area contributed by atoms with Crippen molar-refractivity contribution in [3.05, 3.63) is 24.3 Å². The van der Waals surface area contributed by atoms with Crippen LogP contribution in [0.25, 0.3) is 0 Å². The Hall–Kier alpha value is -1.53. The Morgan fingerprint density at radius 3 is 2.18 bits per heavy atom. The Kier molecular flexibility index (Phi) is 4.53. The third-order valence-corrected chi connectivity index (χ3v) is 1.82. The minimum absolute atomic E-state index is 0.0404. The van der Waals surface area contributed by atoms with Gasteiger partial charge in [-0.05, 0) is 24.3 Å². The van der Waals surface area contributed by atoms with E-state index in [0.717, 1.165) is 0 Å². The van der Waals surface area contributed by atoms with Crippen molar-refractivity contribution in [2.45, 2.75) is 19.2 Å². The second-order valence-corrected chi connectivity index (χ2v) is 3.19. The standard InChI is InChI=1S/C10H10F5NO/c11-9(12)17-8-3-1-7(2-4-8)16-6-5-10(13,14)15/h1-4,9,16H,5-6H2. The normalized spacial score (nSPS) is 11.6. The zero-order valence-corrected chi connectivity index (χ0v) is 8.60. The maximum Gasteiger partial charge on any atom is 0.390 e. The highest BCUT2D eigenvalue weighted by atomic mass is 19.4. The molecule has 0 aliphatic heterocycles. The molecule has 17 heavy (non-hydrogen) atoms. The Balaban J connectivity index is 2.40. The van der Waals surface area contributed by atoms with E-state index in [-0.39, 0.29) is 12.3 Å². The number of hydrogen-bond donors (Lipinski definition) is 1. The van der Waals surface area contributed by atoms with Crippen molar-refractivity contribution in [3.8, 4) is 5.75 Å². The summed E-state index contributed by atoms with van der Waals surface area (Å²) in [5.74, 6) is -0.0404. The second-order valence-electron chi connectivity index (χ2n) is 3.19. The molecule has 0 aliphatic rings. The van der Waals surface area contributed by atoms with E-state index in [1.807, 2.05) is 0 Å². The van der Waals surface area contributed by atoms with Crippen LogP contribution in [0.4, 0.5) is 27.6 Å². The molecule has 0 spiro atoms. The van der Waals surface area contributed by atoms with Crippen LogP contribution in [-0.4, -0.2) is 19.3 Å². The fraction of sp³-hybridized carbons (Fsp3) is 0.400. The van der Waals surface area contributed by atoms with Gasteiger partial charge in [0.15, 0.2) is 0 Å². The van der Waals surface area contributed by atoms with Crippen LogP contribution in [0.1, 0.15) is 6.42 Å². The topological polar surface area (TPSA) is 21.3 Å². The molecule has 0 aromatic heterocycles. The molecule has 1 aromatic carbocycles. The summed E-state index contributed by atoms with van der Waals surface area (Å²) in [7, 11) is 0. The Labute approximate surface area is 94.4 Å². The molecule has 0 aliphatic carbocycles. The van der Waals surface area contributed by atoms with Gasteiger partial charge in [-0.2, -0.15) is 22.0 Å². The van der Waals surface area contributed by atoms with Gasteiger partial charge >= 0.3 is 12.8 Å². The molecule has 2 nitrogen and oxygen atoms in total. The molecule has 0 radical (unpaired) electrons. The lowest BCUT2D eigenvalue weighted by Crippen LogP contribution is -2.14. The molecule has 1 aromatic rings. The molecule has 0 saturated carbocycles. The fourth-order valence-corrected chi connectivity index (χ4v) is 1.10. The van der Waals surface area contributed by atoms with Crippen molar-refractivity contribution in [1.82, 2.24) is 0 Å². The van der Waals surface area contributed by atoms with E-state index in [0.29, 0.717) is 5.69 Å². The molecule has 0 unspecified atom stereocenters. The van der Waals surface area contributed by atoms with Crippen molar-refractivity contribution in [1.29, 1.82) is 0 Å². The van der Waals surface area contributed by atoms with E-state index in [1.165, 1.54) is 24.3 Å². The van der Waals surface area contributed by atoms with Gasteiger partial charge in [-0.25, -0.2) is 0 Å². The number of alkyl halides is 5. The highest BCUT2D eigenvalue weighted by Gasteiger charge is 2.25. The Morgan fingerprint density at radius 2 is 1.71 bits per heavy atom. The molecule has 7 heteroatoms. The quantitative estimate of drug-likeness (QED) is 0.811. The van der Waals surface area contributed by atoms with Crippen LogP contribution in [0.2, 0.25) is 0 Å². The summed E-state index contributed by atoms with van der Waals surface area (Å²) in [6.45, 7) is -3.18. The summed E-state index contributed by atoms with van der Waals surface area (Å²) in [4.78, 5) is 0. The van der Waals surface area contributed by atoms with Crippen molar-refractivity contribution in [2.75, 3.05) is 11.9 Å². The van der Waals surface area contributed by atoms with Gasteiger partial charge in [0.2, 0.25) is 0 Å². The number of hydrogen-bond acceptors (Lipinski definition) is 2. The average Bonchev–Trinajstić information content (AvgIpc) is 2.18. The van der Waals surface area contributed by atoms with Gasteiger partial charge in [0.05, 0.1) is 6.42 Å². The maximum atomic E-state index is 11.8. The molecule has 1 N–H and O–H groups in total. The van der Waals surface area contributed by atoms with Crippen LogP contribution in [0.15, 0.2) is 24.3 Å². The molecular weight excluding hydrogens is 245 g/mol. The van der Waals surface area contributed by atoms with E-state index in [9.17, 15) is 22.0 Å². The summed E-state index contributed by atoms with van der Waals surface area (Å²) in [5, 5.41) is 2.52. The first-order valence-electron chi connectivity index (χ1n) is 4.72. The number of rotatable bonds is 5. The van der Waals surface area contributed by atoms with Gasteiger partial charge in [-0.3, -0.25) is 0 Å². The van der Waals surface area contributed by atoms with Crippen LogP contribution in [0.5, 0.6) is 5.75 Å². The Morgan fingerprint density at radius 1 is 1.12 bits per heavy atom. The van der Waals surface area contributed by atoms with Gasteiger partial charge in [0.1, 0.15) is 5.75 Å². The number of anilines is 1. The SMILES string of the molecule is FC(F)Oc1ccc(NCCC(F)(F)F)cc1. The molecule has 0 saturated heterocycles. The summed E-state index contributed by atoms with van der Waals surface area (Å²) in [6, 6.07) is 5.24. The summed E-state index contributed by atoms with van der Waals surface area (Å²) < 4.78 is 63.1. The minimum atomic E-state index is -4.22. The molecule has 0 amide bonds. The van der Waals surface area contributed by atoms with Crippen LogP contribution < -0.4 is 10.1 Å². The second kappa shape index (κ2) is 5.70. The van der Waals surface area contributed by atoms with Crippen molar-refractivity contribution in [3.63, 3.8) is 0 Å². The molecule has 1 rings (SSSR count). The van der Waals surface area contributed by atoms with Crippen molar-refractivity contribution in [2.24, 2.45) is 0 Å². The maximum absolute atomic E-state index is 11.8. The van der Waals surface area contributed by atoms with Crippen molar-refractivity contribution >= 4 is 5.69 Å². The number of halogens is 5. The highest BCUT2D eigenvalue weighted by molar-refractivity contribution is 5.46. The molecule has 0 atom stereocenters. The highest BCUT2D eigenvalue weighted by Crippen LogP contribution is 2.21. The zero-order valence-electron chi connectivity index (χ0n) is 8.60.